The van der Waals surface area contributed by atoms with Crippen LogP contribution in [0.1, 0.15) is 12.8 Å². The van der Waals surface area contributed by atoms with Gasteiger partial charge in [0.2, 0.25) is 0 Å². The summed E-state index contributed by atoms with van der Waals surface area (Å²) in [5.41, 5.74) is 1.21. The summed E-state index contributed by atoms with van der Waals surface area (Å²) >= 11 is 0. The topological polar surface area (TPSA) is 29.5 Å². The van der Waals surface area contributed by atoms with Crippen molar-refractivity contribution >= 4 is 12.0 Å². The van der Waals surface area contributed by atoms with Crippen LogP contribution in [0.4, 0.5) is 5.69 Å². The van der Waals surface area contributed by atoms with Gasteiger partial charge in [-0.05, 0) is 37.1 Å². The van der Waals surface area contributed by atoms with Gasteiger partial charge in [-0.2, -0.15) is 0 Å². The fraction of sp³-hybridized carbons (Fsp3) is 0.462. The molecule has 16 heavy (non-hydrogen) atoms. The molecule has 0 aliphatic carbocycles. The average molecular weight is 219 g/mol. The zero-order valence-corrected chi connectivity index (χ0v) is 9.56. The Kier molecular flexibility index (Phi) is 3.44. The van der Waals surface area contributed by atoms with E-state index >= 15 is 0 Å². The van der Waals surface area contributed by atoms with E-state index in [-0.39, 0.29) is 5.92 Å². The van der Waals surface area contributed by atoms with Crippen molar-refractivity contribution < 1.29 is 9.53 Å². The predicted molar refractivity (Wildman–Crippen MR) is 64.0 cm³/mol. The van der Waals surface area contributed by atoms with Gasteiger partial charge in [0.05, 0.1) is 7.11 Å². The number of nitrogens with zero attached hydrogens (tertiary/aromatic N) is 1. The zero-order chi connectivity index (χ0) is 11.4. The molecule has 1 aromatic rings. The monoisotopic (exact) mass is 219 g/mol. The van der Waals surface area contributed by atoms with Gasteiger partial charge in [0.25, 0.3) is 0 Å². The van der Waals surface area contributed by atoms with Crippen LogP contribution in [0.3, 0.4) is 0 Å². The molecule has 1 heterocycles. The highest BCUT2D eigenvalue weighted by Gasteiger charge is 2.18. The van der Waals surface area contributed by atoms with Crippen LogP contribution in [-0.2, 0) is 4.79 Å². The van der Waals surface area contributed by atoms with Crippen LogP contribution in [0.2, 0.25) is 0 Å². The van der Waals surface area contributed by atoms with E-state index in [1.54, 1.807) is 7.11 Å². The van der Waals surface area contributed by atoms with Crippen LogP contribution in [0.15, 0.2) is 24.3 Å². The number of carbonyl (C=O) groups excluding carboxylic acids is 1. The first kappa shape index (κ1) is 11.0. The number of hydrogen-bond donors (Lipinski definition) is 0. The molecule has 1 aliphatic heterocycles. The van der Waals surface area contributed by atoms with Crippen molar-refractivity contribution in [2.45, 2.75) is 12.8 Å². The third kappa shape index (κ3) is 2.35. The molecule has 1 saturated heterocycles. The quantitative estimate of drug-likeness (QED) is 0.729. The number of ether oxygens (including phenoxy) is 1. The number of benzene rings is 1. The molecule has 86 valence electrons. The van der Waals surface area contributed by atoms with Crippen molar-refractivity contribution in [1.82, 2.24) is 0 Å². The van der Waals surface area contributed by atoms with E-state index in [1.165, 1.54) is 5.69 Å². The van der Waals surface area contributed by atoms with Crippen molar-refractivity contribution in [3.63, 3.8) is 0 Å². The smallest absolute Gasteiger partial charge is 0.123 e. The Hall–Kier alpha value is -1.51. The molecule has 0 N–H and O–H groups in total. The van der Waals surface area contributed by atoms with Crippen molar-refractivity contribution in [3.05, 3.63) is 24.3 Å². The molecule has 0 radical (unpaired) electrons. The number of hydrogen-bond acceptors (Lipinski definition) is 3. The molecular formula is C13H17NO2. The van der Waals surface area contributed by atoms with Gasteiger partial charge < -0.3 is 14.4 Å². The first-order valence-electron chi connectivity index (χ1n) is 5.68. The van der Waals surface area contributed by atoms with Crippen LogP contribution in [0.5, 0.6) is 5.75 Å². The maximum Gasteiger partial charge on any atom is 0.123 e. The Labute approximate surface area is 96.0 Å². The van der Waals surface area contributed by atoms with Crippen LogP contribution in [-0.4, -0.2) is 26.5 Å². The summed E-state index contributed by atoms with van der Waals surface area (Å²) in [7, 11) is 1.67. The molecule has 1 aromatic carbocycles. The van der Waals surface area contributed by atoms with Crippen molar-refractivity contribution in [1.29, 1.82) is 0 Å². The summed E-state index contributed by atoms with van der Waals surface area (Å²) in [6.07, 6.45) is 3.02. The molecule has 1 aliphatic rings. The predicted octanol–water partition coefficient (Wildman–Crippen LogP) is 2.11. The van der Waals surface area contributed by atoms with Crippen molar-refractivity contribution in [2.24, 2.45) is 5.92 Å². The normalized spacial score (nSPS) is 17.2. The molecule has 0 aromatic heterocycles. The van der Waals surface area contributed by atoms with E-state index in [2.05, 4.69) is 17.0 Å². The lowest BCUT2D eigenvalue weighted by Crippen LogP contribution is -2.33. The zero-order valence-electron chi connectivity index (χ0n) is 9.56. The summed E-state index contributed by atoms with van der Waals surface area (Å²) in [6, 6.07) is 8.09. The van der Waals surface area contributed by atoms with Crippen LogP contribution in [0, 0.1) is 5.92 Å². The van der Waals surface area contributed by atoms with Gasteiger partial charge in [-0.1, -0.05) is 0 Å². The van der Waals surface area contributed by atoms with E-state index in [0.29, 0.717) is 0 Å². The van der Waals surface area contributed by atoms with Gasteiger partial charge in [0, 0.05) is 24.7 Å². The SMILES string of the molecule is COc1ccc(N2CCC(C=O)CC2)cc1. The Morgan fingerprint density at radius 1 is 1.25 bits per heavy atom. The van der Waals surface area contributed by atoms with Crippen LogP contribution in [0.25, 0.3) is 0 Å². The van der Waals surface area contributed by atoms with Gasteiger partial charge in [-0.15, -0.1) is 0 Å². The number of carbonyl (C=O) groups is 1. The second-order valence-electron chi connectivity index (χ2n) is 4.16. The first-order chi connectivity index (χ1) is 7.83. The molecular weight excluding hydrogens is 202 g/mol. The molecule has 0 unspecified atom stereocenters. The Morgan fingerprint density at radius 3 is 2.38 bits per heavy atom. The Bertz CT molecular complexity index is 339. The largest absolute Gasteiger partial charge is 0.497 e. The van der Waals surface area contributed by atoms with Gasteiger partial charge in [0.15, 0.2) is 0 Å². The van der Waals surface area contributed by atoms with Crippen LogP contribution < -0.4 is 9.64 Å². The molecule has 0 atom stereocenters. The minimum atomic E-state index is 0.259. The number of piperidine rings is 1. The minimum absolute atomic E-state index is 0.259. The van der Waals surface area contributed by atoms with Crippen molar-refractivity contribution in [2.75, 3.05) is 25.1 Å². The van der Waals surface area contributed by atoms with E-state index < -0.39 is 0 Å². The van der Waals surface area contributed by atoms with E-state index in [9.17, 15) is 4.79 Å². The lowest BCUT2D eigenvalue weighted by atomic mass is 9.98. The summed E-state index contributed by atoms with van der Waals surface area (Å²) in [4.78, 5) is 13.0. The average Bonchev–Trinajstić information content (AvgIpc) is 2.39. The van der Waals surface area contributed by atoms with Crippen LogP contribution >= 0.6 is 0 Å². The maximum absolute atomic E-state index is 10.7. The van der Waals surface area contributed by atoms with Crippen molar-refractivity contribution in [3.8, 4) is 5.75 Å². The number of methoxy groups -OCH3 is 1. The lowest BCUT2D eigenvalue weighted by Gasteiger charge is -2.31. The second-order valence-corrected chi connectivity index (χ2v) is 4.16. The fourth-order valence-corrected chi connectivity index (χ4v) is 2.09. The number of anilines is 1. The molecule has 3 heteroatoms. The first-order valence-corrected chi connectivity index (χ1v) is 5.68. The van der Waals surface area contributed by atoms with E-state index in [1.807, 2.05) is 12.1 Å². The lowest BCUT2D eigenvalue weighted by molar-refractivity contribution is -0.111. The number of aldehydes is 1. The molecule has 3 nitrogen and oxygen atoms in total. The van der Waals surface area contributed by atoms with Gasteiger partial charge in [0.1, 0.15) is 12.0 Å². The minimum Gasteiger partial charge on any atom is -0.497 e. The molecule has 0 amide bonds. The molecule has 0 bridgehead atoms. The van der Waals surface area contributed by atoms with E-state index in [4.69, 9.17) is 4.74 Å². The molecule has 2 rings (SSSR count). The van der Waals surface area contributed by atoms with Gasteiger partial charge in [-0.25, -0.2) is 0 Å². The second kappa shape index (κ2) is 5.01. The Balaban J connectivity index is 1.99. The highest BCUT2D eigenvalue weighted by molar-refractivity contribution is 5.55. The molecule has 0 saturated carbocycles. The summed E-state index contributed by atoms with van der Waals surface area (Å²) in [5, 5.41) is 0. The number of rotatable bonds is 3. The molecule has 1 fully saturated rings. The molecule has 0 spiro atoms. The summed E-state index contributed by atoms with van der Waals surface area (Å²) < 4.78 is 5.13. The fourth-order valence-electron chi connectivity index (χ4n) is 2.09. The van der Waals surface area contributed by atoms with E-state index in [0.717, 1.165) is 38.0 Å². The Morgan fingerprint density at radius 2 is 1.88 bits per heavy atom. The standard InChI is InChI=1S/C13H17NO2/c1-16-13-4-2-12(3-5-13)14-8-6-11(10-15)7-9-14/h2-5,10-11H,6-9H2,1H3. The highest BCUT2D eigenvalue weighted by Crippen LogP contribution is 2.24. The van der Waals surface area contributed by atoms with Gasteiger partial charge >= 0.3 is 0 Å². The summed E-state index contributed by atoms with van der Waals surface area (Å²) in [5.74, 6) is 1.14. The summed E-state index contributed by atoms with van der Waals surface area (Å²) in [6.45, 7) is 1.94. The van der Waals surface area contributed by atoms with Gasteiger partial charge in [-0.3, -0.25) is 0 Å². The third-order valence-corrected chi connectivity index (χ3v) is 3.17. The highest BCUT2D eigenvalue weighted by atomic mass is 16.5. The maximum atomic E-state index is 10.7. The third-order valence-electron chi connectivity index (χ3n) is 3.17.